The average Bonchev–Trinajstić information content (AvgIpc) is 3.26. The fourth-order valence-corrected chi connectivity index (χ4v) is 4.48. The second-order valence-corrected chi connectivity index (χ2v) is 7.75. The Hall–Kier alpha value is -2.44. The molecule has 1 N–H and O–H groups in total. The minimum absolute atomic E-state index is 0.278. The first-order valence-electron chi connectivity index (χ1n) is 10.1. The van der Waals surface area contributed by atoms with Crippen molar-refractivity contribution in [3.8, 4) is 0 Å². The number of carbonyl (C=O) groups is 1. The van der Waals surface area contributed by atoms with Crippen LogP contribution in [0.4, 0.5) is 5.95 Å². The van der Waals surface area contributed by atoms with Gasteiger partial charge in [0.15, 0.2) is 0 Å². The Balaban J connectivity index is 1.32. The third-order valence-corrected chi connectivity index (χ3v) is 5.95. The number of aromatic nitrogens is 4. The zero-order valence-electron chi connectivity index (χ0n) is 15.8. The smallest absolute Gasteiger partial charge is 0.225 e. The van der Waals surface area contributed by atoms with E-state index in [1.807, 2.05) is 24.7 Å². The van der Waals surface area contributed by atoms with Crippen molar-refractivity contribution in [1.82, 2.24) is 25.1 Å². The molecule has 144 valence electrons. The number of H-pyrrole nitrogens is 1. The Morgan fingerprint density at radius 2 is 1.89 bits per heavy atom. The predicted octanol–water partition coefficient (Wildman–Crippen LogP) is 2.29. The second kappa shape index (κ2) is 8.50. The van der Waals surface area contributed by atoms with E-state index in [2.05, 4.69) is 30.0 Å². The Kier molecular flexibility index (Phi) is 5.65. The lowest BCUT2D eigenvalue weighted by Crippen LogP contribution is -2.46. The van der Waals surface area contributed by atoms with Gasteiger partial charge in [-0.2, -0.15) is 5.10 Å². The maximum atomic E-state index is 12.7. The maximum absolute atomic E-state index is 12.7. The molecule has 0 aliphatic carbocycles. The van der Waals surface area contributed by atoms with Crippen LogP contribution < -0.4 is 4.90 Å². The zero-order chi connectivity index (χ0) is 18.5. The summed E-state index contributed by atoms with van der Waals surface area (Å²) in [5.74, 6) is 2.32. The number of nitrogens with zero attached hydrogens (tertiary/aromatic N) is 5. The molecule has 4 rings (SSSR count). The minimum Gasteiger partial charge on any atom is -0.342 e. The highest BCUT2D eigenvalue weighted by Gasteiger charge is 2.32. The molecular formula is C20H28N6O. The first-order chi connectivity index (χ1) is 13.3. The summed E-state index contributed by atoms with van der Waals surface area (Å²) in [6.45, 7) is 3.84. The van der Waals surface area contributed by atoms with Gasteiger partial charge in [-0.3, -0.25) is 9.89 Å². The van der Waals surface area contributed by atoms with Gasteiger partial charge in [-0.25, -0.2) is 9.97 Å². The van der Waals surface area contributed by atoms with Crippen LogP contribution >= 0.6 is 0 Å². The number of aryl methyl sites for hydroxylation is 1. The molecule has 4 heterocycles. The topological polar surface area (TPSA) is 78.0 Å². The average molecular weight is 368 g/mol. The molecule has 2 aliphatic rings. The number of anilines is 1. The normalized spacial score (nSPS) is 23.4. The van der Waals surface area contributed by atoms with E-state index in [1.54, 1.807) is 6.20 Å². The van der Waals surface area contributed by atoms with Gasteiger partial charge in [-0.15, -0.1) is 0 Å². The Morgan fingerprint density at radius 1 is 1.11 bits per heavy atom. The number of hydrogen-bond acceptors (Lipinski definition) is 5. The molecular weight excluding hydrogens is 340 g/mol. The van der Waals surface area contributed by atoms with E-state index >= 15 is 0 Å². The minimum atomic E-state index is 0.278. The lowest BCUT2D eigenvalue weighted by Gasteiger charge is -2.41. The number of rotatable bonds is 5. The van der Waals surface area contributed by atoms with Gasteiger partial charge in [0.05, 0.1) is 6.20 Å². The zero-order valence-corrected chi connectivity index (χ0v) is 15.8. The van der Waals surface area contributed by atoms with Crippen molar-refractivity contribution in [2.75, 3.05) is 31.1 Å². The molecule has 2 aliphatic heterocycles. The quantitative estimate of drug-likeness (QED) is 0.876. The highest BCUT2D eigenvalue weighted by Crippen LogP contribution is 2.32. The molecule has 2 aromatic rings. The fraction of sp³-hybridized carbons (Fsp3) is 0.600. The predicted molar refractivity (Wildman–Crippen MR) is 103 cm³/mol. The van der Waals surface area contributed by atoms with Gasteiger partial charge >= 0.3 is 0 Å². The van der Waals surface area contributed by atoms with Crippen molar-refractivity contribution in [2.24, 2.45) is 11.8 Å². The highest BCUT2D eigenvalue weighted by atomic mass is 16.2. The molecule has 1 amide bonds. The van der Waals surface area contributed by atoms with Gasteiger partial charge < -0.3 is 9.80 Å². The van der Waals surface area contributed by atoms with Gasteiger partial charge in [0, 0.05) is 51.2 Å². The summed E-state index contributed by atoms with van der Waals surface area (Å²) in [6, 6.07) is 1.86. The maximum Gasteiger partial charge on any atom is 0.225 e. The van der Waals surface area contributed by atoms with Crippen LogP contribution in [0.25, 0.3) is 0 Å². The van der Waals surface area contributed by atoms with Crippen molar-refractivity contribution >= 4 is 11.9 Å². The molecule has 0 radical (unpaired) electrons. The van der Waals surface area contributed by atoms with Crippen LogP contribution in [-0.4, -0.2) is 57.2 Å². The molecule has 2 unspecified atom stereocenters. The molecule has 0 bridgehead atoms. The van der Waals surface area contributed by atoms with Crippen molar-refractivity contribution in [1.29, 1.82) is 0 Å². The van der Waals surface area contributed by atoms with E-state index in [-0.39, 0.29) is 5.91 Å². The largest absolute Gasteiger partial charge is 0.342 e. The van der Waals surface area contributed by atoms with Crippen molar-refractivity contribution in [3.63, 3.8) is 0 Å². The molecule has 0 aromatic carbocycles. The van der Waals surface area contributed by atoms with Gasteiger partial charge in [0.2, 0.25) is 11.9 Å². The van der Waals surface area contributed by atoms with Gasteiger partial charge in [-0.05, 0) is 55.6 Å². The SMILES string of the molecule is O=C(CCc1cn[nH]c1)N1CCCC(C2CCCN(c3ncccn3)C2)C1. The summed E-state index contributed by atoms with van der Waals surface area (Å²) in [6.07, 6.45) is 13.4. The molecule has 2 atom stereocenters. The summed E-state index contributed by atoms with van der Waals surface area (Å²) in [7, 11) is 0. The van der Waals surface area contributed by atoms with Crippen LogP contribution in [0.15, 0.2) is 30.9 Å². The fourth-order valence-electron chi connectivity index (χ4n) is 4.48. The van der Waals surface area contributed by atoms with E-state index in [0.717, 1.165) is 50.5 Å². The number of piperidine rings is 2. The second-order valence-electron chi connectivity index (χ2n) is 7.75. The summed E-state index contributed by atoms with van der Waals surface area (Å²) >= 11 is 0. The molecule has 7 nitrogen and oxygen atoms in total. The van der Waals surface area contributed by atoms with E-state index in [4.69, 9.17) is 0 Å². The van der Waals surface area contributed by atoms with Crippen LogP contribution in [0.2, 0.25) is 0 Å². The van der Waals surface area contributed by atoms with Crippen LogP contribution in [0, 0.1) is 11.8 Å². The highest BCUT2D eigenvalue weighted by molar-refractivity contribution is 5.76. The third-order valence-electron chi connectivity index (χ3n) is 5.95. The van der Waals surface area contributed by atoms with Crippen LogP contribution in [0.5, 0.6) is 0 Å². The Bertz CT molecular complexity index is 719. The Labute approximate surface area is 160 Å². The first-order valence-corrected chi connectivity index (χ1v) is 10.1. The molecule has 27 heavy (non-hydrogen) atoms. The number of carbonyl (C=O) groups excluding carboxylic acids is 1. The summed E-state index contributed by atoms with van der Waals surface area (Å²) in [5.41, 5.74) is 1.10. The number of nitrogens with one attached hydrogen (secondary N) is 1. The van der Waals surface area contributed by atoms with E-state index in [1.165, 1.54) is 19.3 Å². The number of amides is 1. The molecule has 7 heteroatoms. The number of likely N-dealkylation sites (tertiary alicyclic amines) is 1. The summed E-state index contributed by atoms with van der Waals surface area (Å²) in [5, 5.41) is 6.76. The number of aromatic amines is 1. The van der Waals surface area contributed by atoms with Crippen molar-refractivity contribution in [2.45, 2.75) is 38.5 Å². The molecule has 0 spiro atoms. The number of hydrogen-bond donors (Lipinski definition) is 1. The van der Waals surface area contributed by atoms with Crippen LogP contribution in [-0.2, 0) is 11.2 Å². The van der Waals surface area contributed by atoms with E-state index in [0.29, 0.717) is 18.3 Å². The van der Waals surface area contributed by atoms with E-state index < -0.39 is 0 Å². The summed E-state index contributed by atoms with van der Waals surface area (Å²) in [4.78, 5) is 25.9. The molecule has 0 saturated carbocycles. The monoisotopic (exact) mass is 368 g/mol. The van der Waals surface area contributed by atoms with Gasteiger partial charge in [0.25, 0.3) is 0 Å². The first kappa shape index (κ1) is 17.9. The van der Waals surface area contributed by atoms with Crippen molar-refractivity contribution < 1.29 is 4.79 Å². The van der Waals surface area contributed by atoms with Gasteiger partial charge in [0.1, 0.15) is 0 Å². The Morgan fingerprint density at radius 3 is 2.67 bits per heavy atom. The standard InChI is InChI=1S/C20H28N6O/c27-19(7-6-16-12-23-24-13-16)25-10-1-4-17(14-25)18-5-2-11-26(15-18)20-21-8-3-9-22-20/h3,8-9,12-13,17-18H,1-2,4-7,10-11,14-15H2,(H,23,24). The van der Waals surface area contributed by atoms with Crippen LogP contribution in [0.1, 0.15) is 37.7 Å². The molecule has 2 saturated heterocycles. The lowest BCUT2D eigenvalue weighted by molar-refractivity contribution is -0.133. The third kappa shape index (κ3) is 4.46. The molecule has 2 fully saturated rings. The van der Waals surface area contributed by atoms with Crippen LogP contribution in [0.3, 0.4) is 0 Å². The van der Waals surface area contributed by atoms with Gasteiger partial charge in [-0.1, -0.05) is 0 Å². The molecule has 2 aromatic heterocycles. The lowest BCUT2D eigenvalue weighted by atomic mass is 9.80. The van der Waals surface area contributed by atoms with Crippen molar-refractivity contribution in [3.05, 3.63) is 36.4 Å². The summed E-state index contributed by atoms with van der Waals surface area (Å²) < 4.78 is 0. The van der Waals surface area contributed by atoms with E-state index in [9.17, 15) is 4.79 Å².